The molecule has 1 aliphatic heterocycles. The zero-order valence-electron chi connectivity index (χ0n) is 12.1. The van der Waals surface area contributed by atoms with Crippen LogP contribution >= 0.6 is 11.3 Å². The summed E-state index contributed by atoms with van der Waals surface area (Å²) >= 11 is 1.91. The second-order valence-electron chi connectivity index (χ2n) is 5.49. The number of piperidine rings is 1. The summed E-state index contributed by atoms with van der Waals surface area (Å²) in [5, 5.41) is 3.82. The Morgan fingerprint density at radius 2 is 2.28 bits per heavy atom. The molecule has 1 fully saturated rings. The predicted molar refractivity (Wildman–Crippen MR) is 80.5 cm³/mol. The van der Waals surface area contributed by atoms with Crippen molar-refractivity contribution >= 4 is 11.3 Å². The molecule has 0 aromatic carbocycles. The maximum atomic E-state index is 3.82. The van der Waals surface area contributed by atoms with Crippen molar-refractivity contribution in [1.82, 2.24) is 10.2 Å². The van der Waals surface area contributed by atoms with E-state index in [1.165, 1.54) is 47.8 Å². The highest BCUT2D eigenvalue weighted by Crippen LogP contribution is 2.27. The van der Waals surface area contributed by atoms with Crippen LogP contribution in [0.3, 0.4) is 0 Å². The van der Waals surface area contributed by atoms with Crippen LogP contribution in [-0.2, 0) is 0 Å². The zero-order valence-corrected chi connectivity index (χ0v) is 12.9. The second kappa shape index (κ2) is 6.18. The van der Waals surface area contributed by atoms with Gasteiger partial charge in [0.25, 0.3) is 0 Å². The molecule has 1 saturated heterocycles. The van der Waals surface area contributed by atoms with Crippen LogP contribution in [0.4, 0.5) is 0 Å². The average Bonchev–Trinajstić information content (AvgIpc) is 2.69. The molecule has 2 heterocycles. The van der Waals surface area contributed by atoms with E-state index in [-0.39, 0.29) is 0 Å². The van der Waals surface area contributed by atoms with Gasteiger partial charge in [0.2, 0.25) is 0 Å². The van der Waals surface area contributed by atoms with Gasteiger partial charge < -0.3 is 10.2 Å². The standard InChI is InChI=1S/C15H26N2S/c1-5-17-8-6-7-14(10-17)16-12(3)15-9-11(2)18-13(15)4/h9,12,14,16H,5-8,10H2,1-4H3. The van der Waals surface area contributed by atoms with E-state index in [0.717, 1.165) is 0 Å². The molecule has 3 heteroatoms. The number of aryl methyl sites for hydroxylation is 2. The summed E-state index contributed by atoms with van der Waals surface area (Å²) in [4.78, 5) is 5.45. The van der Waals surface area contributed by atoms with E-state index in [4.69, 9.17) is 0 Å². The van der Waals surface area contributed by atoms with Crippen LogP contribution in [0.25, 0.3) is 0 Å². The molecule has 18 heavy (non-hydrogen) atoms. The van der Waals surface area contributed by atoms with Crippen LogP contribution in [0.5, 0.6) is 0 Å². The smallest absolute Gasteiger partial charge is 0.0305 e. The van der Waals surface area contributed by atoms with Gasteiger partial charge in [-0.15, -0.1) is 11.3 Å². The van der Waals surface area contributed by atoms with Crippen molar-refractivity contribution in [2.75, 3.05) is 19.6 Å². The lowest BCUT2D eigenvalue weighted by atomic mass is 10.0. The molecule has 2 rings (SSSR count). The fraction of sp³-hybridized carbons (Fsp3) is 0.733. The van der Waals surface area contributed by atoms with Gasteiger partial charge in [-0.25, -0.2) is 0 Å². The van der Waals surface area contributed by atoms with E-state index >= 15 is 0 Å². The molecule has 0 saturated carbocycles. The topological polar surface area (TPSA) is 15.3 Å². The Hall–Kier alpha value is -0.380. The Bertz CT molecular complexity index is 386. The molecule has 2 atom stereocenters. The first-order valence-electron chi connectivity index (χ1n) is 7.15. The van der Waals surface area contributed by atoms with Crippen LogP contribution in [0.2, 0.25) is 0 Å². The molecule has 1 N–H and O–H groups in total. The second-order valence-corrected chi connectivity index (χ2v) is 6.95. The van der Waals surface area contributed by atoms with Crippen LogP contribution in [0.15, 0.2) is 6.07 Å². The summed E-state index contributed by atoms with van der Waals surface area (Å²) in [6.07, 6.45) is 2.66. The summed E-state index contributed by atoms with van der Waals surface area (Å²) in [7, 11) is 0. The first-order chi connectivity index (χ1) is 8.60. The molecule has 0 aliphatic carbocycles. The van der Waals surface area contributed by atoms with Gasteiger partial charge in [0.15, 0.2) is 0 Å². The lowest BCUT2D eigenvalue weighted by molar-refractivity contribution is 0.192. The minimum absolute atomic E-state index is 0.483. The number of hydrogen-bond donors (Lipinski definition) is 1. The van der Waals surface area contributed by atoms with Gasteiger partial charge in [0, 0.05) is 28.4 Å². The molecule has 0 amide bonds. The Kier molecular flexibility index (Phi) is 4.82. The third-order valence-electron chi connectivity index (χ3n) is 3.98. The van der Waals surface area contributed by atoms with Gasteiger partial charge in [0.05, 0.1) is 0 Å². The summed E-state index contributed by atoms with van der Waals surface area (Å²) in [5.41, 5.74) is 1.49. The van der Waals surface area contributed by atoms with E-state index in [1.54, 1.807) is 0 Å². The summed E-state index contributed by atoms with van der Waals surface area (Å²) in [5.74, 6) is 0. The quantitative estimate of drug-likeness (QED) is 0.897. The fourth-order valence-electron chi connectivity index (χ4n) is 3.00. The fourth-order valence-corrected chi connectivity index (χ4v) is 4.02. The van der Waals surface area contributed by atoms with Gasteiger partial charge in [-0.05, 0) is 58.3 Å². The minimum atomic E-state index is 0.483. The molecule has 1 aromatic rings. The Morgan fingerprint density at radius 3 is 2.89 bits per heavy atom. The highest BCUT2D eigenvalue weighted by molar-refractivity contribution is 7.12. The normalized spacial score (nSPS) is 23.2. The van der Waals surface area contributed by atoms with Crippen molar-refractivity contribution in [2.24, 2.45) is 0 Å². The van der Waals surface area contributed by atoms with Crippen molar-refractivity contribution < 1.29 is 0 Å². The maximum Gasteiger partial charge on any atom is 0.0305 e. The molecule has 0 spiro atoms. The molecule has 2 nitrogen and oxygen atoms in total. The molecular formula is C15H26N2S. The van der Waals surface area contributed by atoms with Gasteiger partial charge in [-0.1, -0.05) is 6.92 Å². The van der Waals surface area contributed by atoms with Crippen molar-refractivity contribution in [2.45, 2.75) is 52.6 Å². The molecule has 0 radical (unpaired) electrons. The molecule has 1 aromatic heterocycles. The summed E-state index contributed by atoms with van der Waals surface area (Å²) < 4.78 is 0. The molecule has 2 unspecified atom stereocenters. The number of hydrogen-bond acceptors (Lipinski definition) is 3. The van der Waals surface area contributed by atoms with Crippen molar-refractivity contribution in [3.05, 3.63) is 21.4 Å². The average molecular weight is 266 g/mol. The molecular weight excluding hydrogens is 240 g/mol. The van der Waals surface area contributed by atoms with Crippen molar-refractivity contribution in [3.63, 3.8) is 0 Å². The number of rotatable bonds is 4. The van der Waals surface area contributed by atoms with Crippen molar-refractivity contribution in [3.8, 4) is 0 Å². The van der Waals surface area contributed by atoms with Gasteiger partial charge in [-0.3, -0.25) is 0 Å². The highest BCUT2D eigenvalue weighted by atomic mass is 32.1. The van der Waals surface area contributed by atoms with Crippen LogP contribution in [-0.4, -0.2) is 30.6 Å². The third-order valence-corrected chi connectivity index (χ3v) is 4.97. The Labute approximate surface area is 115 Å². The first kappa shape index (κ1) is 14.0. The van der Waals surface area contributed by atoms with E-state index in [9.17, 15) is 0 Å². The van der Waals surface area contributed by atoms with E-state index < -0.39 is 0 Å². The minimum Gasteiger partial charge on any atom is -0.306 e. The van der Waals surface area contributed by atoms with Crippen molar-refractivity contribution in [1.29, 1.82) is 0 Å². The Morgan fingerprint density at radius 1 is 1.50 bits per heavy atom. The number of nitrogens with zero attached hydrogens (tertiary/aromatic N) is 1. The summed E-state index contributed by atoms with van der Waals surface area (Å²) in [6, 6.07) is 3.49. The van der Waals surface area contributed by atoms with Crippen LogP contribution < -0.4 is 5.32 Å². The Balaban J connectivity index is 1.94. The number of likely N-dealkylation sites (N-methyl/N-ethyl adjacent to an activating group) is 1. The predicted octanol–water partition coefficient (Wildman–Crippen LogP) is 3.50. The SMILES string of the molecule is CCN1CCCC(NC(C)c2cc(C)sc2C)C1. The molecule has 102 valence electrons. The third kappa shape index (κ3) is 3.34. The van der Waals surface area contributed by atoms with Gasteiger partial charge in [-0.2, -0.15) is 0 Å². The maximum absolute atomic E-state index is 3.82. The van der Waals surface area contributed by atoms with Crippen LogP contribution in [0, 0.1) is 13.8 Å². The van der Waals surface area contributed by atoms with Gasteiger partial charge in [0.1, 0.15) is 0 Å². The van der Waals surface area contributed by atoms with E-state index in [1.807, 2.05) is 11.3 Å². The highest BCUT2D eigenvalue weighted by Gasteiger charge is 2.21. The lowest BCUT2D eigenvalue weighted by Crippen LogP contribution is -2.46. The first-order valence-corrected chi connectivity index (χ1v) is 7.97. The lowest BCUT2D eigenvalue weighted by Gasteiger charge is -2.34. The summed E-state index contributed by atoms with van der Waals surface area (Å²) in [6.45, 7) is 12.7. The zero-order chi connectivity index (χ0) is 13.1. The van der Waals surface area contributed by atoms with E-state index in [0.29, 0.717) is 12.1 Å². The van der Waals surface area contributed by atoms with Crippen LogP contribution in [0.1, 0.15) is 48.0 Å². The number of likely N-dealkylation sites (tertiary alicyclic amines) is 1. The van der Waals surface area contributed by atoms with Gasteiger partial charge >= 0.3 is 0 Å². The number of nitrogens with one attached hydrogen (secondary N) is 1. The van der Waals surface area contributed by atoms with E-state index in [2.05, 4.69) is 44.0 Å². The number of thiophene rings is 1. The molecule has 0 bridgehead atoms. The molecule has 1 aliphatic rings. The monoisotopic (exact) mass is 266 g/mol. The largest absolute Gasteiger partial charge is 0.306 e.